The number of ether oxygens (including phenoxy) is 2. The quantitative estimate of drug-likeness (QED) is 0.212. The fraction of sp³-hybridized carbons (Fsp3) is 0.552. The summed E-state index contributed by atoms with van der Waals surface area (Å²) in [6, 6.07) is 0. The molecule has 2 aliphatic carbocycles. The van der Waals surface area contributed by atoms with Crippen LogP contribution in [-0.4, -0.2) is 80.2 Å². The lowest BCUT2D eigenvalue weighted by Gasteiger charge is -2.39. The van der Waals surface area contributed by atoms with Gasteiger partial charge in [0.15, 0.2) is 0 Å². The molecule has 0 bridgehead atoms. The zero-order valence-electron chi connectivity index (χ0n) is 21.8. The summed E-state index contributed by atoms with van der Waals surface area (Å²) in [5, 5.41) is 12.6. The highest BCUT2D eigenvalue weighted by Crippen LogP contribution is 2.39. The highest BCUT2D eigenvalue weighted by molar-refractivity contribution is 5.88. The molecule has 5 rings (SSSR count). The molecule has 0 saturated carbocycles. The number of rotatable bonds is 8. The van der Waals surface area contributed by atoms with Gasteiger partial charge in [-0.1, -0.05) is 18.2 Å². The Hall–Kier alpha value is -2.77. The second kappa shape index (κ2) is 11.5. The van der Waals surface area contributed by atoms with E-state index in [2.05, 4.69) is 56.7 Å². The third kappa shape index (κ3) is 5.32. The zero-order chi connectivity index (χ0) is 24.9. The molecular weight excluding hydrogens is 450 g/mol. The van der Waals surface area contributed by atoms with Crippen LogP contribution < -0.4 is 5.32 Å². The van der Waals surface area contributed by atoms with E-state index in [9.17, 15) is 0 Å². The van der Waals surface area contributed by atoms with Crippen molar-refractivity contribution in [2.24, 2.45) is 11.8 Å². The van der Waals surface area contributed by atoms with Crippen LogP contribution in [0.15, 0.2) is 41.8 Å². The van der Waals surface area contributed by atoms with Crippen LogP contribution >= 0.6 is 0 Å². The molecule has 0 spiro atoms. The number of aromatic nitrogens is 1. The summed E-state index contributed by atoms with van der Waals surface area (Å²) >= 11 is 0. The lowest BCUT2D eigenvalue weighted by molar-refractivity contribution is 0.0951. The highest BCUT2D eigenvalue weighted by atomic mass is 16.5. The summed E-state index contributed by atoms with van der Waals surface area (Å²) in [6.45, 7) is 9.36. The maximum absolute atomic E-state index is 8.98. The van der Waals surface area contributed by atoms with Crippen molar-refractivity contribution in [1.82, 2.24) is 14.8 Å². The monoisotopic (exact) mass is 491 g/mol. The van der Waals surface area contributed by atoms with Gasteiger partial charge in [-0.25, -0.2) is 0 Å². The summed E-state index contributed by atoms with van der Waals surface area (Å²) in [4.78, 5) is 8.18. The van der Waals surface area contributed by atoms with Gasteiger partial charge in [0.1, 0.15) is 17.4 Å². The van der Waals surface area contributed by atoms with Crippen LogP contribution in [0.2, 0.25) is 0 Å². The number of anilines is 1. The van der Waals surface area contributed by atoms with Gasteiger partial charge >= 0.3 is 0 Å². The SMILES string of the molecule is CCOCCN1CCN(C(=N)C2C=CCC(C3=Cc4c(C5=CCCC=C5OC)c[nH]c4NC3)C2)CC1. The molecule has 194 valence electrons. The molecule has 1 fully saturated rings. The third-order valence-electron chi connectivity index (χ3n) is 8.01. The van der Waals surface area contributed by atoms with Crippen molar-refractivity contribution >= 4 is 23.3 Å². The van der Waals surface area contributed by atoms with E-state index in [0.717, 1.165) is 95.6 Å². The van der Waals surface area contributed by atoms with E-state index < -0.39 is 0 Å². The van der Waals surface area contributed by atoms with E-state index in [1.54, 1.807) is 7.11 Å². The van der Waals surface area contributed by atoms with E-state index in [1.807, 2.05) is 6.92 Å². The molecule has 2 unspecified atom stereocenters. The fourth-order valence-electron chi connectivity index (χ4n) is 5.91. The number of aromatic amines is 1. The van der Waals surface area contributed by atoms with Crippen molar-refractivity contribution < 1.29 is 9.47 Å². The van der Waals surface area contributed by atoms with Gasteiger partial charge in [-0.05, 0) is 56.3 Å². The van der Waals surface area contributed by atoms with Crippen LogP contribution in [0.5, 0.6) is 0 Å². The Labute approximate surface area is 215 Å². The molecule has 0 amide bonds. The van der Waals surface area contributed by atoms with E-state index in [0.29, 0.717) is 5.92 Å². The Morgan fingerprint density at radius 2 is 2.00 bits per heavy atom. The Morgan fingerprint density at radius 3 is 2.81 bits per heavy atom. The number of hydrogen-bond donors (Lipinski definition) is 3. The van der Waals surface area contributed by atoms with Crippen LogP contribution in [0.3, 0.4) is 0 Å². The Balaban J connectivity index is 1.24. The predicted molar refractivity (Wildman–Crippen MR) is 147 cm³/mol. The molecular formula is C29H41N5O2. The average molecular weight is 492 g/mol. The summed E-state index contributed by atoms with van der Waals surface area (Å²) in [5.41, 5.74) is 5.06. The molecule has 1 aromatic rings. The maximum Gasteiger partial charge on any atom is 0.122 e. The number of piperazine rings is 1. The molecule has 0 aromatic carbocycles. The minimum Gasteiger partial charge on any atom is -0.496 e. The van der Waals surface area contributed by atoms with E-state index in [4.69, 9.17) is 14.9 Å². The van der Waals surface area contributed by atoms with Crippen molar-refractivity contribution in [2.45, 2.75) is 32.6 Å². The second-order valence-electron chi connectivity index (χ2n) is 10.1. The number of amidine groups is 1. The van der Waals surface area contributed by atoms with Crippen LogP contribution in [0.4, 0.5) is 5.82 Å². The lowest BCUT2D eigenvalue weighted by atomic mass is 9.79. The first-order chi connectivity index (χ1) is 17.7. The number of fused-ring (bicyclic) bond motifs is 1. The molecule has 0 radical (unpaired) electrons. The molecule has 3 N–H and O–H groups in total. The van der Waals surface area contributed by atoms with Crippen molar-refractivity contribution in [1.29, 1.82) is 5.41 Å². The first-order valence-electron chi connectivity index (χ1n) is 13.6. The molecule has 2 aliphatic heterocycles. The zero-order valence-corrected chi connectivity index (χ0v) is 21.8. The van der Waals surface area contributed by atoms with Crippen LogP contribution in [0.25, 0.3) is 11.6 Å². The predicted octanol–water partition coefficient (Wildman–Crippen LogP) is 4.74. The van der Waals surface area contributed by atoms with Crippen molar-refractivity contribution in [3.63, 3.8) is 0 Å². The van der Waals surface area contributed by atoms with Crippen molar-refractivity contribution in [3.8, 4) is 0 Å². The molecule has 2 atom stereocenters. The first kappa shape index (κ1) is 24.9. The summed E-state index contributed by atoms with van der Waals surface area (Å²) in [6.07, 6.45) is 17.7. The molecule has 1 saturated heterocycles. The maximum atomic E-state index is 8.98. The van der Waals surface area contributed by atoms with Crippen LogP contribution in [0, 0.1) is 17.2 Å². The summed E-state index contributed by atoms with van der Waals surface area (Å²) in [7, 11) is 1.76. The highest BCUT2D eigenvalue weighted by Gasteiger charge is 2.30. The van der Waals surface area contributed by atoms with Crippen LogP contribution in [-0.2, 0) is 9.47 Å². The van der Waals surface area contributed by atoms with E-state index >= 15 is 0 Å². The first-order valence-corrected chi connectivity index (χ1v) is 13.6. The Kier molecular flexibility index (Phi) is 7.97. The minimum atomic E-state index is 0.191. The van der Waals surface area contributed by atoms with Gasteiger partial charge in [0.25, 0.3) is 0 Å². The number of nitrogens with zero attached hydrogens (tertiary/aromatic N) is 2. The topological polar surface area (TPSA) is 76.6 Å². The normalized spacial score (nSPS) is 24.4. The number of hydrogen-bond acceptors (Lipinski definition) is 5. The molecule has 3 heterocycles. The molecule has 4 aliphatic rings. The van der Waals surface area contributed by atoms with E-state index in [-0.39, 0.29) is 5.92 Å². The third-order valence-corrected chi connectivity index (χ3v) is 8.01. The van der Waals surface area contributed by atoms with Gasteiger partial charge < -0.3 is 24.7 Å². The molecule has 1 aromatic heterocycles. The molecule has 36 heavy (non-hydrogen) atoms. The van der Waals surface area contributed by atoms with Crippen molar-refractivity contribution in [2.75, 3.05) is 64.9 Å². The van der Waals surface area contributed by atoms with Crippen molar-refractivity contribution in [3.05, 3.63) is 53.0 Å². The smallest absolute Gasteiger partial charge is 0.122 e. The number of nitrogens with one attached hydrogen (secondary N) is 3. The van der Waals surface area contributed by atoms with Gasteiger partial charge in [0.05, 0.1) is 13.7 Å². The fourth-order valence-corrected chi connectivity index (χ4v) is 5.91. The van der Waals surface area contributed by atoms with Gasteiger partial charge in [-0.2, -0.15) is 0 Å². The molecule has 7 heteroatoms. The summed E-state index contributed by atoms with van der Waals surface area (Å²) in [5.74, 6) is 3.49. The summed E-state index contributed by atoms with van der Waals surface area (Å²) < 4.78 is 11.2. The van der Waals surface area contributed by atoms with E-state index in [1.165, 1.54) is 22.3 Å². The lowest BCUT2D eigenvalue weighted by Crippen LogP contribution is -2.50. The minimum absolute atomic E-state index is 0.191. The number of allylic oxidation sites excluding steroid dienone is 4. The number of H-pyrrole nitrogens is 1. The Bertz CT molecular complexity index is 1060. The largest absolute Gasteiger partial charge is 0.496 e. The average Bonchev–Trinajstić information content (AvgIpc) is 3.36. The van der Waals surface area contributed by atoms with Gasteiger partial charge in [-0.3, -0.25) is 10.3 Å². The molecule has 7 nitrogen and oxygen atoms in total. The second-order valence-corrected chi connectivity index (χ2v) is 10.1. The van der Waals surface area contributed by atoms with Crippen LogP contribution in [0.1, 0.15) is 43.7 Å². The Morgan fingerprint density at radius 1 is 1.17 bits per heavy atom. The van der Waals surface area contributed by atoms with Gasteiger partial charge in [0.2, 0.25) is 0 Å². The standard InChI is InChI=1S/C29H41N5O2/c1-3-36-16-15-33-11-13-34(14-12-33)28(30)22-8-6-7-21(17-22)23-18-25-26(20-32-29(25)31-19-23)24-9-4-5-10-27(24)35-2/h6,8-10,18,20-22,30-32H,3-5,7,11-17,19H2,1-2H3. The van der Waals surface area contributed by atoms with Gasteiger partial charge in [-0.15, -0.1) is 0 Å². The number of methoxy groups -OCH3 is 1. The van der Waals surface area contributed by atoms with Gasteiger partial charge in [0, 0.05) is 74.7 Å².